The van der Waals surface area contributed by atoms with Crippen molar-refractivity contribution in [3.8, 4) is 0 Å². The third kappa shape index (κ3) is 3.41. The van der Waals surface area contributed by atoms with Gasteiger partial charge in [0, 0.05) is 38.0 Å². The van der Waals surface area contributed by atoms with E-state index in [-0.39, 0.29) is 18.7 Å². The van der Waals surface area contributed by atoms with Crippen molar-refractivity contribution in [2.24, 2.45) is 4.99 Å². The maximum absolute atomic E-state index is 9.10. The number of para-hydroxylation sites is 1. The van der Waals surface area contributed by atoms with Gasteiger partial charge in [0.05, 0.1) is 28.5 Å². The van der Waals surface area contributed by atoms with Crippen LogP contribution in [0.25, 0.3) is 0 Å². The molecule has 3 N–H and O–H groups in total. The lowest BCUT2D eigenvalue weighted by Crippen LogP contribution is -2.28. The molecule has 0 radical (unpaired) electrons. The van der Waals surface area contributed by atoms with Crippen molar-refractivity contribution in [2.45, 2.75) is 43.8 Å². The number of aliphatic imine (C=N–C) groups is 1. The van der Waals surface area contributed by atoms with E-state index in [1.807, 2.05) is 11.8 Å². The van der Waals surface area contributed by atoms with Crippen molar-refractivity contribution in [1.29, 1.82) is 0 Å². The topological polar surface area (TPSA) is 65.9 Å². The third-order valence-electron chi connectivity index (χ3n) is 4.97. The Morgan fingerprint density at radius 1 is 1.33 bits per heavy atom. The van der Waals surface area contributed by atoms with Gasteiger partial charge in [-0.3, -0.25) is 4.99 Å². The highest BCUT2D eigenvalue weighted by molar-refractivity contribution is 8.14. The van der Waals surface area contributed by atoms with E-state index in [1.54, 1.807) is 0 Å². The summed E-state index contributed by atoms with van der Waals surface area (Å²) < 4.78 is 5.45. The predicted octanol–water partition coefficient (Wildman–Crippen LogP) is 2.51. The van der Waals surface area contributed by atoms with Crippen molar-refractivity contribution in [3.63, 3.8) is 0 Å². The predicted molar refractivity (Wildman–Crippen MR) is 100 cm³/mol. The van der Waals surface area contributed by atoms with Gasteiger partial charge >= 0.3 is 0 Å². The molecule has 1 saturated heterocycles. The summed E-state index contributed by atoms with van der Waals surface area (Å²) in [6.45, 7) is 1.92. The zero-order valence-corrected chi connectivity index (χ0v) is 14.6. The largest absolute Gasteiger partial charge is 0.396 e. The van der Waals surface area contributed by atoms with Crippen molar-refractivity contribution < 1.29 is 9.84 Å². The highest BCUT2D eigenvalue weighted by atomic mass is 32.2. The summed E-state index contributed by atoms with van der Waals surface area (Å²) in [7, 11) is 0. The quantitative estimate of drug-likeness (QED) is 0.764. The molecule has 0 aromatic heterocycles. The summed E-state index contributed by atoms with van der Waals surface area (Å²) in [4.78, 5) is 4.81. The van der Waals surface area contributed by atoms with Crippen molar-refractivity contribution in [3.05, 3.63) is 23.8 Å². The van der Waals surface area contributed by atoms with Gasteiger partial charge in [0.2, 0.25) is 0 Å². The summed E-state index contributed by atoms with van der Waals surface area (Å²) in [6.07, 6.45) is 3.90. The molecule has 1 fully saturated rings. The molecule has 3 aliphatic heterocycles. The Balaban J connectivity index is 1.46. The second-order valence-corrected chi connectivity index (χ2v) is 7.76. The Bertz CT molecular complexity index is 616. The number of nitrogens with one attached hydrogen (secondary N) is 2. The van der Waals surface area contributed by atoms with E-state index in [1.165, 1.54) is 22.0 Å². The standard InChI is InChI=1S/C18H25N3O2S/c22-7-4-14-11-24-18(20-14)16-10-12-2-1-3-15(17(12)21-16)19-13-5-8-23-9-6-13/h1-3,13-14,16,19,21-22H,4-11H2/t14-,16?/m1/s1. The second kappa shape index (κ2) is 7.33. The van der Waals surface area contributed by atoms with E-state index in [0.29, 0.717) is 6.04 Å². The normalized spacial score (nSPS) is 26.8. The molecule has 0 amide bonds. The highest BCUT2D eigenvalue weighted by Crippen LogP contribution is 2.37. The van der Waals surface area contributed by atoms with Gasteiger partial charge < -0.3 is 20.5 Å². The number of hydrogen-bond donors (Lipinski definition) is 3. The summed E-state index contributed by atoms with van der Waals surface area (Å²) in [5.41, 5.74) is 3.81. The maximum atomic E-state index is 9.10. The van der Waals surface area contributed by atoms with Crippen LogP contribution < -0.4 is 10.6 Å². The van der Waals surface area contributed by atoms with Crippen LogP contribution in [0.2, 0.25) is 0 Å². The van der Waals surface area contributed by atoms with Crippen molar-refractivity contribution in [1.82, 2.24) is 0 Å². The number of aliphatic hydroxyl groups is 1. The van der Waals surface area contributed by atoms with E-state index in [9.17, 15) is 0 Å². The molecule has 2 atom stereocenters. The van der Waals surface area contributed by atoms with E-state index in [2.05, 4.69) is 28.8 Å². The van der Waals surface area contributed by atoms with Gasteiger partial charge in [0.25, 0.3) is 0 Å². The lowest BCUT2D eigenvalue weighted by atomic mass is 10.1. The van der Waals surface area contributed by atoms with Gasteiger partial charge in [-0.15, -0.1) is 11.8 Å². The molecule has 1 aromatic carbocycles. The molecule has 1 aromatic rings. The minimum atomic E-state index is 0.222. The molecule has 6 heteroatoms. The van der Waals surface area contributed by atoms with Crippen LogP contribution in [0.15, 0.2) is 23.2 Å². The van der Waals surface area contributed by atoms with Gasteiger partial charge in [-0.25, -0.2) is 0 Å². The first-order chi connectivity index (χ1) is 11.8. The fourth-order valence-electron chi connectivity index (χ4n) is 3.64. The van der Waals surface area contributed by atoms with Gasteiger partial charge in [-0.05, 0) is 30.9 Å². The Hall–Kier alpha value is -1.24. The van der Waals surface area contributed by atoms with Gasteiger partial charge in [-0.1, -0.05) is 12.1 Å². The van der Waals surface area contributed by atoms with Crippen LogP contribution in [0.4, 0.5) is 11.4 Å². The zero-order chi connectivity index (χ0) is 16.4. The van der Waals surface area contributed by atoms with Crippen LogP contribution >= 0.6 is 11.8 Å². The molecular formula is C18H25N3O2S. The van der Waals surface area contributed by atoms with Crippen LogP contribution in [0.1, 0.15) is 24.8 Å². The maximum Gasteiger partial charge on any atom is 0.0907 e. The number of hydrogen-bond acceptors (Lipinski definition) is 6. The summed E-state index contributed by atoms with van der Waals surface area (Å²) in [5.74, 6) is 0.998. The zero-order valence-electron chi connectivity index (χ0n) is 13.8. The molecule has 1 unspecified atom stereocenters. The fraction of sp³-hybridized carbons (Fsp3) is 0.611. The number of rotatable bonds is 5. The molecule has 24 heavy (non-hydrogen) atoms. The molecule has 130 valence electrons. The summed E-state index contributed by atoms with van der Waals surface area (Å²) >= 11 is 1.84. The lowest BCUT2D eigenvalue weighted by Gasteiger charge is -2.25. The first-order valence-corrected chi connectivity index (χ1v) is 9.86. The molecule has 5 nitrogen and oxygen atoms in total. The molecule has 3 aliphatic rings. The Kier molecular flexibility index (Phi) is 4.96. The fourth-order valence-corrected chi connectivity index (χ4v) is 4.81. The second-order valence-electron chi connectivity index (χ2n) is 6.72. The number of aliphatic hydroxyl groups excluding tert-OH is 1. The lowest BCUT2D eigenvalue weighted by molar-refractivity contribution is 0.0904. The first-order valence-electron chi connectivity index (χ1n) is 8.87. The molecule has 0 spiro atoms. The molecule has 0 aliphatic carbocycles. The van der Waals surface area contributed by atoms with Crippen LogP contribution in [0.3, 0.4) is 0 Å². The number of thioether (sulfide) groups is 1. The smallest absolute Gasteiger partial charge is 0.0907 e. The Labute approximate surface area is 147 Å². The Morgan fingerprint density at radius 2 is 2.21 bits per heavy atom. The first kappa shape index (κ1) is 16.2. The minimum absolute atomic E-state index is 0.222. The molecule has 3 heterocycles. The van der Waals surface area contributed by atoms with Crippen molar-refractivity contribution in [2.75, 3.05) is 36.2 Å². The van der Waals surface area contributed by atoms with Crippen LogP contribution in [-0.2, 0) is 11.2 Å². The minimum Gasteiger partial charge on any atom is -0.396 e. The number of ether oxygens (including phenoxy) is 1. The van der Waals surface area contributed by atoms with Crippen LogP contribution in [0.5, 0.6) is 0 Å². The van der Waals surface area contributed by atoms with E-state index in [4.69, 9.17) is 14.8 Å². The molecule has 0 saturated carbocycles. The number of benzene rings is 1. The Morgan fingerprint density at radius 3 is 3.04 bits per heavy atom. The summed E-state index contributed by atoms with van der Waals surface area (Å²) in [5, 5.41) is 17.7. The third-order valence-corrected chi connectivity index (χ3v) is 6.21. The van der Waals surface area contributed by atoms with Crippen molar-refractivity contribution >= 4 is 28.2 Å². The average molecular weight is 347 g/mol. The number of fused-ring (bicyclic) bond motifs is 1. The molecular weight excluding hydrogens is 322 g/mol. The molecule has 0 bridgehead atoms. The van der Waals surface area contributed by atoms with Gasteiger partial charge in [0.15, 0.2) is 0 Å². The van der Waals surface area contributed by atoms with Gasteiger partial charge in [0.1, 0.15) is 0 Å². The van der Waals surface area contributed by atoms with Crippen LogP contribution in [0, 0.1) is 0 Å². The average Bonchev–Trinajstić information content (AvgIpc) is 3.23. The van der Waals surface area contributed by atoms with E-state index in [0.717, 1.165) is 44.6 Å². The molecule has 4 rings (SSSR count). The highest BCUT2D eigenvalue weighted by Gasteiger charge is 2.31. The number of anilines is 2. The van der Waals surface area contributed by atoms with Crippen LogP contribution in [-0.4, -0.2) is 53.8 Å². The monoisotopic (exact) mass is 347 g/mol. The SMILES string of the molecule is OCC[C@@H]1CSC(C2Cc3cccc(NC4CCOCC4)c3N2)=N1. The summed E-state index contributed by atoms with van der Waals surface area (Å²) in [6, 6.07) is 7.58. The van der Waals surface area contributed by atoms with Gasteiger partial charge in [-0.2, -0.15) is 0 Å². The van der Waals surface area contributed by atoms with E-state index >= 15 is 0 Å². The number of nitrogens with zero attached hydrogens (tertiary/aromatic N) is 1. The van der Waals surface area contributed by atoms with E-state index < -0.39 is 0 Å².